The minimum Gasteiger partial charge on any atom is -0.373 e. The van der Waals surface area contributed by atoms with Crippen molar-refractivity contribution in [1.82, 2.24) is 8.75 Å². The topological polar surface area (TPSA) is 32.3 Å². The summed E-state index contributed by atoms with van der Waals surface area (Å²) in [5, 5.41) is 0. The molecule has 190 valence electrons. The molecule has 0 saturated carbocycles. The van der Waals surface area contributed by atoms with Gasteiger partial charge in [0.15, 0.2) is 0 Å². The highest BCUT2D eigenvalue weighted by atomic mass is 32.2. The van der Waals surface area contributed by atoms with E-state index in [0.29, 0.717) is 0 Å². The molecule has 39 heavy (non-hydrogen) atoms. The molecule has 0 aliphatic carbocycles. The van der Waals surface area contributed by atoms with Crippen molar-refractivity contribution < 1.29 is 0 Å². The first-order valence-corrected chi connectivity index (χ1v) is 14.7. The Morgan fingerprint density at radius 1 is 0.641 bits per heavy atom. The van der Waals surface area contributed by atoms with E-state index in [0.717, 1.165) is 57.1 Å². The van der Waals surface area contributed by atoms with Gasteiger partial charge in [0, 0.05) is 52.4 Å². The molecular formula is C33H26N4S2. The molecule has 1 aliphatic heterocycles. The maximum absolute atomic E-state index is 4.74. The molecule has 4 nitrogen and oxygen atoms in total. The van der Waals surface area contributed by atoms with Gasteiger partial charge in [-0.05, 0) is 59.7 Å². The number of hydrogen-bond donors (Lipinski definition) is 0. The van der Waals surface area contributed by atoms with E-state index in [-0.39, 0.29) is 0 Å². The van der Waals surface area contributed by atoms with Crippen molar-refractivity contribution in [2.45, 2.75) is 4.90 Å². The number of aromatic nitrogens is 2. The van der Waals surface area contributed by atoms with Crippen LogP contribution in [0.25, 0.3) is 33.3 Å². The predicted octanol–water partition coefficient (Wildman–Crippen LogP) is 9.04. The number of nitrogens with zero attached hydrogens (tertiary/aromatic N) is 4. The average molecular weight is 543 g/mol. The van der Waals surface area contributed by atoms with E-state index < -0.39 is 0 Å². The molecule has 0 atom stereocenters. The minimum atomic E-state index is 0.954. The molecule has 0 bridgehead atoms. The lowest BCUT2D eigenvalue weighted by Crippen LogP contribution is -2.24. The summed E-state index contributed by atoms with van der Waals surface area (Å²) in [6, 6.07) is 40.9. The fraction of sp³-hybridized carbons (Fsp3) is 0.0909. The van der Waals surface area contributed by atoms with Gasteiger partial charge in [-0.25, -0.2) is 0 Å². The second kappa shape index (κ2) is 10.2. The summed E-state index contributed by atoms with van der Waals surface area (Å²) in [4.78, 5) is 5.94. The van der Waals surface area contributed by atoms with Crippen LogP contribution in [0.2, 0.25) is 0 Å². The van der Waals surface area contributed by atoms with Gasteiger partial charge < -0.3 is 9.80 Å². The summed E-state index contributed by atoms with van der Waals surface area (Å²) >= 11 is 3.21. The molecule has 6 aromatic rings. The molecule has 1 aromatic heterocycles. The molecule has 0 fully saturated rings. The molecular weight excluding hydrogens is 517 g/mol. The van der Waals surface area contributed by atoms with Gasteiger partial charge in [-0.1, -0.05) is 66.7 Å². The third kappa shape index (κ3) is 4.46. The SMILES string of the molecule is CN1CCSc2cc(-c3ccc(-c4ccc(N(c5ccccc5)c5ccccc5)cc4)c4nsnc34)ccc21. The normalized spacial score (nSPS) is 12.9. The number of thioether (sulfide) groups is 1. The molecule has 0 saturated heterocycles. The number of anilines is 4. The highest BCUT2D eigenvalue weighted by Gasteiger charge is 2.18. The Morgan fingerprint density at radius 3 is 1.85 bits per heavy atom. The molecule has 0 radical (unpaired) electrons. The molecule has 0 spiro atoms. The lowest BCUT2D eigenvalue weighted by Gasteiger charge is -2.27. The van der Waals surface area contributed by atoms with E-state index in [2.05, 4.69) is 120 Å². The van der Waals surface area contributed by atoms with Crippen molar-refractivity contribution in [3.8, 4) is 22.3 Å². The van der Waals surface area contributed by atoms with Gasteiger partial charge in [0.05, 0.1) is 17.4 Å². The lowest BCUT2D eigenvalue weighted by atomic mass is 9.97. The highest BCUT2D eigenvalue weighted by molar-refractivity contribution is 7.99. The first-order chi connectivity index (χ1) is 19.3. The van der Waals surface area contributed by atoms with E-state index >= 15 is 0 Å². The van der Waals surface area contributed by atoms with Gasteiger partial charge in [-0.2, -0.15) is 8.75 Å². The Bertz CT molecular complexity index is 1710. The second-order valence-corrected chi connectivity index (χ2v) is 11.3. The van der Waals surface area contributed by atoms with E-state index in [1.165, 1.54) is 27.9 Å². The Balaban J connectivity index is 1.26. The maximum atomic E-state index is 4.74. The third-order valence-corrected chi connectivity index (χ3v) is 8.80. The first kappa shape index (κ1) is 23.9. The summed E-state index contributed by atoms with van der Waals surface area (Å²) in [6.45, 7) is 1.08. The van der Waals surface area contributed by atoms with Crippen molar-refractivity contribution >= 4 is 57.3 Å². The zero-order chi connectivity index (χ0) is 26.2. The monoisotopic (exact) mass is 542 g/mol. The summed E-state index contributed by atoms with van der Waals surface area (Å²) in [5.74, 6) is 1.11. The fourth-order valence-corrected chi connectivity index (χ4v) is 6.99. The van der Waals surface area contributed by atoms with E-state index in [9.17, 15) is 0 Å². The van der Waals surface area contributed by atoms with Gasteiger partial charge in [0.1, 0.15) is 11.0 Å². The highest BCUT2D eigenvalue weighted by Crippen LogP contribution is 2.41. The van der Waals surface area contributed by atoms with Crippen LogP contribution in [0.15, 0.2) is 120 Å². The van der Waals surface area contributed by atoms with Crippen LogP contribution < -0.4 is 9.80 Å². The molecule has 2 heterocycles. The molecule has 0 amide bonds. The van der Waals surface area contributed by atoms with Crippen LogP contribution in [0.1, 0.15) is 0 Å². The molecule has 0 unspecified atom stereocenters. The van der Waals surface area contributed by atoms with Gasteiger partial charge in [-0.15, -0.1) is 11.8 Å². The number of benzene rings is 5. The Hall–Kier alpha value is -4.13. The summed E-state index contributed by atoms with van der Waals surface area (Å²) in [5.41, 5.74) is 11.1. The molecule has 6 heteroatoms. The van der Waals surface area contributed by atoms with E-state index in [4.69, 9.17) is 8.75 Å². The lowest BCUT2D eigenvalue weighted by molar-refractivity contribution is 0.944. The van der Waals surface area contributed by atoms with Crippen LogP contribution in [-0.4, -0.2) is 28.1 Å². The zero-order valence-corrected chi connectivity index (χ0v) is 23.1. The number of rotatable bonds is 5. The zero-order valence-electron chi connectivity index (χ0n) is 21.5. The van der Waals surface area contributed by atoms with Gasteiger partial charge in [0.2, 0.25) is 0 Å². The van der Waals surface area contributed by atoms with Crippen LogP contribution in [0.4, 0.5) is 22.7 Å². The van der Waals surface area contributed by atoms with Crippen LogP contribution in [0.5, 0.6) is 0 Å². The quantitative estimate of drug-likeness (QED) is 0.217. The van der Waals surface area contributed by atoms with Crippen LogP contribution in [0, 0.1) is 0 Å². The van der Waals surface area contributed by atoms with Crippen LogP contribution in [-0.2, 0) is 0 Å². The molecule has 5 aromatic carbocycles. The van der Waals surface area contributed by atoms with Crippen molar-refractivity contribution in [2.75, 3.05) is 29.1 Å². The largest absolute Gasteiger partial charge is 0.373 e. The first-order valence-electron chi connectivity index (χ1n) is 13.0. The van der Waals surface area contributed by atoms with Crippen LogP contribution >= 0.6 is 23.5 Å². The van der Waals surface area contributed by atoms with Gasteiger partial charge in [-0.3, -0.25) is 0 Å². The van der Waals surface area contributed by atoms with Crippen molar-refractivity contribution in [2.24, 2.45) is 0 Å². The van der Waals surface area contributed by atoms with E-state index in [1.54, 1.807) is 0 Å². The Kier molecular flexibility index (Phi) is 6.27. The summed E-state index contributed by atoms with van der Waals surface area (Å²) in [6.07, 6.45) is 0. The Labute approximate surface area is 236 Å². The fourth-order valence-electron chi connectivity index (χ4n) is 5.25. The van der Waals surface area contributed by atoms with E-state index in [1.807, 2.05) is 23.9 Å². The summed E-state index contributed by atoms with van der Waals surface area (Å²) in [7, 11) is 2.17. The Morgan fingerprint density at radius 2 is 1.21 bits per heavy atom. The van der Waals surface area contributed by atoms with Gasteiger partial charge >= 0.3 is 0 Å². The van der Waals surface area contributed by atoms with Gasteiger partial charge in [0.25, 0.3) is 0 Å². The molecule has 7 rings (SSSR count). The summed E-state index contributed by atoms with van der Waals surface area (Å²) < 4.78 is 9.48. The van der Waals surface area contributed by atoms with Crippen molar-refractivity contribution in [3.63, 3.8) is 0 Å². The second-order valence-electron chi connectivity index (χ2n) is 9.63. The van der Waals surface area contributed by atoms with Crippen molar-refractivity contribution in [3.05, 3.63) is 115 Å². The number of hydrogen-bond acceptors (Lipinski definition) is 6. The van der Waals surface area contributed by atoms with Crippen molar-refractivity contribution in [1.29, 1.82) is 0 Å². The molecule has 0 N–H and O–H groups in total. The van der Waals surface area contributed by atoms with Crippen LogP contribution in [0.3, 0.4) is 0 Å². The maximum Gasteiger partial charge on any atom is 0.113 e. The average Bonchev–Trinajstić information content (AvgIpc) is 3.49. The predicted molar refractivity (Wildman–Crippen MR) is 167 cm³/mol. The molecule has 1 aliphatic rings. The smallest absolute Gasteiger partial charge is 0.113 e. The number of para-hydroxylation sites is 2. The third-order valence-electron chi connectivity index (χ3n) is 7.25. The number of fused-ring (bicyclic) bond motifs is 2. The standard InChI is InChI=1S/C33H26N4S2/c1-36-20-21-38-31-22-24(14-19-30(31)36)29-18-17-28(32-33(29)35-39-34-32)23-12-15-27(16-13-23)37(25-8-4-2-5-9-25)26-10-6-3-7-11-26/h2-19,22H,20-21H2,1H3. The minimum absolute atomic E-state index is 0.954.